The lowest BCUT2D eigenvalue weighted by Crippen LogP contribution is -2.46. The van der Waals surface area contributed by atoms with Gasteiger partial charge in [-0.1, -0.05) is 31.0 Å². The van der Waals surface area contributed by atoms with Crippen LogP contribution < -0.4 is 10.6 Å². The molecule has 2 aliphatic heterocycles. The van der Waals surface area contributed by atoms with Gasteiger partial charge in [-0.05, 0) is 44.2 Å². The lowest BCUT2D eigenvalue weighted by molar-refractivity contribution is -0.131. The molecular formula is C22H28N4O4. The zero-order valence-electron chi connectivity index (χ0n) is 17.1. The van der Waals surface area contributed by atoms with E-state index in [-0.39, 0.29) is 30.3 Å². The molecule has 1 aliphatic carbocycles. The van der Waals surface area contributed by atoms with Crippen molar-refractivity contribution in [2.24, 2.45) is 0 Å². The molecule has 1 spiro atoms. The summed E-state index contributed by atoms with van der Waals surface area (Å²) in [4.78, 5) is 53.1. The second-order valence-corrected chi connectivity index (χ2v) is 8.34. The number of imide groups is 1. The van der Waals surface area contributed by atoms with Crippen molar-refractivity contribution in [3.8, 4) is 0 Å². The zero-order chi connectivity index (χ0) is 21.1. The number of carbonyl (C=O) groups excluding carboxylic acids is 4. The fourth-order valence-corrected chi connectivity index (χ4v) is 4.79. The molecule has 1 aromatic carbocycles. The van der Waals surface area contributed by atoms with Gasteiger partial charge in [-0.15, -0.1) is 0 Å². The molecule has 30 heavy (non-hydrogen) atoms. The van der Waals surface area contributed by atoms with Gasteiger partial charge >= 0.3 is 6.03 Å². The lowest BCUT2D eigenvalue weighted by Gasteiger charge is -2.24. The second-order valence-electron chi connectivity index (χ2n) is 8.34. The summed E-state index contributed by atoms with van der Waals surface area (Å²) in [6.45, 7) is 1.20. The maximum absolute atomic E-state index is 12.7. The van der Waals surface area contributed by atoms with Gasteiger partial charge in [-0.25, -0.2) is 4.79 Å². The van der Waals surface area contributed by atoms with Crippen molar-refractivity contribution >= 4 is 23.8 Å². The molecule has 3 aliphatic rings. The van der Waals surface area contributed by atoms with Crippen LogP contribution >= 0.6 is 0 Å². The zero-order valence-corrected chi connectivity index (χ0v) is 17.1. The highest BCUT2D eigenvalue weighted by Gasteiger charge is 2.52. The highest BCUT2D eigenvalue weighted by Crippen LogP contribution is 2.35. The Labute approximate surface area is 176 Å². The van der Waals surface area contributed by atoms with Crippen LogP contribution in [0.4, 0.5) is 4.79 Å². The van der Waals surface area contributed by atoms with Gasteiger partial charge < -0.3 is 15.5 Å². The fourth-order valence-electron chi connectivity index (χ4n) is 4.79. The van der Waals surface area contributed by atoms with Crippen molar-refractivity contribution < 1.29 is 19.2 Å². The number of carbonyl (C=O) groups is 4. The van der Waals surface area contributed by atoms with Crippen LogP contribution in [0.3, 0.4) is 0 Å². The molecule has 0 bridgehead atoms. The summed E-state index contributed by atoms with van der Waals surface area (Å²) in [5.41, 5.74) is -0.112. The number of hydrogen-bond acceptors (Lipinski definition) is 4. The molecule has 8 heteroatoms. The average molecular weight is 412 g/mol. The highest BCUT2D eigenvalue weighted by atomic mass is 16.2. The Morgan fingerprint density at radius 3 is 2.57 bits per heavy atom. The van der Waals surface area contributed by atoms with Crippen LogP contribution in [0.25, 0.3) is 0 Å². The SMILES string of the molecule is O=C(NCCCN1C(=O)NC2(CCCC2)C1=O)[C@H]1CCCN1C(=O)c1ccccc1. The van der Waals surface area contributed by atoms with Crippen molar-refractivity contribution in [1.29, 1.82) is 0 Å². The number of urea groups is 1. The van der Waals surface area contributed by atoms with Gasteiger partial charge in [-0.3, -0.25) is 19.3 Å². The van der Waals surface area contributed by atoms with Gasteiger partial charge in [0.25, 0.3) is 11.8 Å². The Kier molecular flexibility index (Phi) is 5.74. The first-order valence-electron chi connectivity index (χ1n) is 10.8. The molecule has 160 valence electrons. The number of hydrogen-bond donors (Lipinski definition) is 2. The van der Waals surface area contributed by atoms with Crippen LogP contribution in [0.1, 0.15) is 55.3 Å². The third kappa shape index (κ3) is 3.78. The van der Waals surface area contributed by atoms with E-state index in [1.807, 2.05) is 18.2 Å². The Hall–Kier alpha value is -2.90. The van der Waals surface area contributed by atoms with Crippen LogP contribution in [-0.2, 0) is 9.59 Å². The van der Waals surface area contributed by atoms with Gasteiger partial charge in [0, 0.05) is 25.2 Å². The molecule has 0 unspecified atom stereocenters. The predicted molar refractivity (Wildman–Crippen MR) is 110 cm³/mol. The average Bonchev–Trinajstić information content (AvgIpc) is 3.48. The molecule has 3 fully saturated rings. The molecule has 0 radical (unpaired) electrons. The largest absolute Gasteiger partial charge is 0.354 e. The summed E-state index contributed by atoms with van der Waals surface area (Å²) in [5, 5.41) is 5.74. The number of nitrogens with one attached hydrogen (secondary N) is 2. The molecule has 2 heterocycles. The van der Waals surface area contributed by atoms with Gasteiger partial charge in [0.05, 0.1) is 0 Å². The topological polar surface area (TPSA) is 98.8 Å². The maximum atomic E-state index is 12.7. The van der Waals surface area contributed by atoms with E-state index >= 15 is 0 Å². The smallest absolute Gasteiger partial charge is 0.325 e. The Morgan fingerprint density at radius 2 is 1.83 bits per heavy atom. The predicted octanol–water partition coefficient (Wildman–Crippen LogP) is 1.66. The molecule has 1 saturated carbocycles. The number of likely N-dealkylation sites (tertiary alicyclic amines) is 1. The van der Waals surface area contributed by atoms with E-state index in [4.69, 9.17) is 0 Å². The summed E-state index contributed by atoms with van der Waals surface area (Å²) < 4.78 is 0. The molecule has 1 aromatic rings. The molecule has 0 aromatic heterocycles. The van der Waals surface area contributed by atoms with E-state index < -0.39 is 11.6 Å². The van der Waals surface area contributed by atoms with Crippen LogP contribution in [-0.4, -0.2) is 64.8 Å². The first kappa shape index (κ1) is 20.4. The molecule has 2 N–H and O–H groups in total. The van der Waals surface area contributed by atoms with E-state index in [1.165, 1.54) is 4.90 Å². The minimum absolute atomic E-state index is 0.130. The first-order valence-corrected chi connectivity index (χ1v) is 10.8. The number of nitrogens with zero attached hydrogens (tertiary/aromatic N) is 2. The maximum Gasteiger partial charge on any atom is 0.325 e. The molecule has 1 atom stereocenters. The summed E-state index contributed by atoms with van der Waals surface area (Å²) >= 11 is 0. The normalized spacial score (nSPS) is 22.6. The monoisotopic (exact) mass is 412 g/mol. The van der Waals surface area contributed by atoms with Crippen molar-refractivity contribution in [3.05, 3.63) is 35.9 Å². The Balaban J connectivity index is 1.26. The summed E-state index contributed by atoms with van der Waals surface area (Å²) in [7, 11) is 0. The summed E-state index contributed by atoms with van der Waals surface area (Å²) in [6, 6.07) is 8.17. The highest BCUT2D eigenvalue weighted by molar-refractivity contribution is 6.07. The fraction of sp³-hybridized carbons (Fsp3) is 0.545. The molecule has 4 rings (SSSR count). The Bertz CT molecular complexity index is 835. The molecule has 8 nitrogen and oxygen atoms in total. The third-order valence-electron chi connectivity index (χ3n) is 6.40. The van der Waals surface area contributed by atoms with E-state index in [0.29, 0.717) is 44.3 Å². The van der Waals surface area contributed by atoms with E-state index in [2.05, 4.69) is 10.6 Å². The van der Waals surface area contributed by atoms with E-state index in [9.17, 15) is 19.2 Å². The van der Waals surface area contributed by atoms with Crippen molar-refractivity contribution in [1.82, 2.24) is 20.4 Å². The molecular weight excluding hydrogens is 384 g/mol. The Morgan fingerprint density at radius 1 is 1.10 bits per heavy atom. The van der Waals surface area contributed by atoms with E-state index in [1.54, 1.807) is 17.0 Å². The number of rotatable bonds is 6. The van der Waals surface area contributed by atoms with Crippen molar-refractivity contribution in [3.63, 3.8) is 0 Å². The van der Waals surface area contributed by atoms with Gasteiger partial charge in [0.1, 0.15) is 11.6 Å². The van der Waals surface area contributed by atoms with Crippen LogP contribution in [0, 0.1) is 0 Å². The molecule has 2 saturated heterocycles. The van der Waals surface area contributed by atoms with Crippen LogP contribution in [0.2, 0.25) is 0 Å². The minimum atomic E-state index is -0.692. The van der Waals surface area contributed by atoms with Crippen LogP contribution in [0.5, 0.6) is 0 Å². The summed E-state index contributed by atoms with van der Waals surface area (Å²) in [5.74, 6) is -0.442. The van der Waals surface area contributed by atoms with E-state index in [0.717, 1.165) is 19.3 Å². The third-order valence-corrected chi connectivity index (χ3v) is 6.40. The second kappa shape index (κ2) is 8.45. The minimum Gasteiger partial charge on any atom is -0.354 e. The molecule has 5 amide bonds. The number of benzene rings is 1. The first-order chi connectivity index (χ1) is 14.5. The van der Waals surface area contributed by atoms with Crippen LogP contribution in [0.15, 0.2) is 30.3 Å². The lowest BCUT2D eigenvalue weighted by atomic mass is 9.98. The quantitative estimate of drug-likeness (QED) is 0.548. The van der Waals surface area contributed by atoms with Crippen molar-refractivity contribution in [2.75, 3.05) is 19.6 Å². The van der Waals surface area contributed by atoms with Gasteiger partial charge in [0.2, 0.25) is 5.91 Å². The summed E-state index contributed by atoms with van der Waals surface area (Å²) in [6.07, 6.45) is 5.24. The number of amides is 5. The van der Waals surface area contributed by atoms with Gasteiger partial charge in [0.15, 0.2) is 0 Å². The van der Waals surface area contributed by atoms with Gasteiger partial charge in [-0.2, -0.15) is 0 Å². The van der Waals surface area contributed by atoms with Crippen molar-refractivity contribution in [2.45, 2.75) is 56.5 Å². The standard InChI is InChI=1S/C22H28N4O4/c27-18(17-10-6-14-25(17)19(28)16-8-2-1-3-9-16)23-13-7-15-26-20(29)22(24-21(26)30)11-4-5-12-22/h1-3,8-9,17H,4-7,10-15H2,(H,23,27)(H,24,30)/t17-/m1/s1.